The average Bonchev–Trinajstić information content (AvgIpc) is 2.58. The molecule has 0 aliphatic rings. The maximum absolute atomic E-state index is 13.9. The Labute approximate surface area is 144 Å². The van der Waals surface area contributed by atoms with Crippen molar-refractivity contribution in [1.82, 2.24) is 0 Å². The smallest absolute Gasteiger partial charge is 0.248 e. The Morgan fingerprint density at radius 3 is 2.48 bits per heavy atom. The summed E-state index contributed by atoms with van der Waals surface area (Å²) in [5.41, 5.74) is 6.23. The van der Waals surface area contributed by atoms with Crippen LogP contribution < -0.4 is 20.5 Å². The minimum atomic E-state index is -0.772. The lowest BCUT2D eigenvalue weighted by molar-refractivity contribution is -0.115. The van der Waals surface area contributed by atoms with Gasteiger partial charge in [0.2, 0.25) is 11.8 Å². The standard InChI is InChI=1S/C18H19FN2O4/c1-10-14(19)6-12(18(20)23)7-15(10)21-17(22)8-11-4-5-13(24-2)9-16(11)25-3/h4-7,9H,8H2,1-3H3,(H2,20,23)(H,21,22). The fourth-order valence-corrected chi connectivity index (χ4v) is 2.32. The third-order valence-electron chi connectivity index (χ3n) is 3.75. The van der Waals surface area contributed by atoms with Crippen LogP contribution in [0.4, 0.5) is 10.1 Å². The summed E-state index contributed by atoms with van der Waals surface area (Å²) >= 11 is 0. The highest BCUT2D eigenvalue weighted by Gasteiger charge is 2.15. The van der Waals surface area contributed by atoms with Crippen molar-refractivity contribution in [2.45, 2.75) is 13.3 Å². The Morgan fingerprint density at radius 1 is 1.16 bits per heavy atom. The first-order valence-corrected chi connectivity index (χ1v) is 7.46. The number of anilines is 1. The van der Waals surface area contributed by atoms with Gasteiger partial charge >= 0.3 is 0 Å². The lowest BCUT2D eigenvalue weighted by atomic mass is 10.1. The summed E-state index contributed by atoms with van der Waals surface area (Å²) in [7, 11) is 3.02. The summed E-state index contributed by atoms with van der Waals surface area (Å²) in [6.45, 7) is 1.50. The van der Waals surface area contributed by atoms with E-state index in [1.807, 2.05) is 0 Å². The molecule has 2 aromatic rings. The number of nitrogens with two attached hydrogens (primary N) is 1. The molecule has 0 bridgehead atoms. The maximum atomic E-state index is 13.9. The number of halogens is 1. The first kappa shape index (κ1) is 18.3. The molecule has 0 saturated carbocycles. The monoisotopic (exact) mass is 346 g/mol. The van der Waals surface area contributed by atoms with Crippen LogP contribution in [-0.4, -0.2) is 26.0 Å². The van der Waals surface area contributed by atoms with Crippen molar-refractivity contribution in [1.29, 1.82) is 0 Å². The van der Waals surface area contributed by atoms with Crippen molar-refractivity contribution in [2.24, 2.45) is 5.73 Å². The van der Waals surface area contributed by atoms with Gasteiger partial charge in [0.15, 0.2) is 0 Å². The summed E-state index contributed by atoms with van der Waals surface area (Å²) in [6, 6.07) is 7.49. The Bertz CT molecular complexity index is 821. The predicted octanol–water partition coefficient (Wildman–Crippen LogP) is 2.43. The normalized spacial score (nSPS) is 10.2. The fourth-order valence-electron chi connectivity index (χ4n) is 2.32. The van der Waals surface area contributed by atoms with Crippen LogP contribution >= 0.6 is 0 Å². The van der Waals surface area contributed by atoms with Crippen LogP contribution in [-0.2, 0) is 11.2 Å². The van der Waals surface area contributed by atoms with E-state index in [0.29, 0.717) is 17.1 Å². The maximum Gasteiger partial charge on any atom is 0.248 e. The Kier molecular flexibility index (Phi) is 5.59. The Hall–Kier alpha value is -3.09. The summed E-state index contributed by atoms with van der Waals surface area (Å²) < 4.78 is 24.2. The third-order valence-corrected chi connectivity index (χ3v) is 3.75. The number of benzene rings is 2. The molecule has 7 heteroatoms. The lowest BCUT2D eigenvalue weighted by Gasteiger charge is -2.13. The van der Waals surface area contributed by atoms with Crippen LogP contribution in [0.15, 0.2) is 30.3 Å². The molecule has 0 saturated heterocycles. The van der Waals surface area contributed by atoms with Gasteiger partial charge in [-0.3, -0.25) is 9.59 Å². The average molecular weight is 346 g/mol. The number of rotatable bonds is 6. The van der Waals surface area contributed by atoms with Gasteiger partial charge in [-0.25, -0.2) is 4.39 Å². The van der Waals surface area contributed by atoms with E-state index < -0.39 is 11.7 Å². The number of hydrogen-bond donors (Lipinski definition) is 2. The number of amides is 2. The van der Waals surface area contributed by atoms with E-state index >= 15 is 0 Å². The molecule has 132 valence electrons. The largest absolute Gasteiger partial charge is 0.497 e. The zero-order valence-corrected chi connectivity index (χ0v) is 14.2. The van der Waals surface area contributed by atoms with E-state index in [1.54, 1.807) is 18.2 Å². The SMILES string of the molecule is COc1ccc(CC(=O)Nc2cc(C(N)=O)cc(F)c2C)c(OC)c1. The quantitative estimate of drug-likeness (QED) is 0.840. The molecule has 2 aromatic carbocycles. The van der Waals surface area contributed by atoms with E-state index in [0.717, 1.165) is 6.07 Å². The second-order valence-electron chi connectivity index (χ2n) is 5.40. The van der Waals surface area contributed by atoms with E-state index in [2.05, 4.69) is 5.32 Å². The Morgan fingerprint density at radius 2 is 1.88 bits per heavy atom. The van der Waals surface area contributed by atoms with Crippen LogP contribution in [0.3, 0.4) is 0 Å². The van der Waals surface area contributed by atoms with Gasteiger partial charge in [0.1, 0.15) is 17.3 Å². The molecule has 0 aliphatic heterocycles. The molecule has 0 aromatic heterocycles. The van der Waals surface area contributed by atoms with Crippen molar-refractivity contribution in [2.75, 3.05) is 19.5 Å². The Balaban J connectivity index is 2.22. The van der Waals surface area contributed by atoms with Gasteiger partial charge in [-0.15, -0.1) is 0 Å². The highest BCUT2D eigenvalue weighted by molar-refractivity contribution is 5.97. The van der Waals surface area contributed by atoms with Crippen LogP contribution in [0.2, 0.25) is 0 Å². The molecule has 0 radical (unpaired) electrons. The second kappa shape index (κ2) is 7.65. The molecule has 25 heavy (non-hydrogen) atoms. The molecular formula is C18H19FN2O4. The van der Waals surface area contributed by atoms with Crippen molar-refractivity contribution in [3.8, 4) is 11.5 Å². The summed E-state index contributed by atoms with van der Waals surface area (Å²) in [4.78, 5) is 23.6. The first-order valence-electron chi connectivity index (χ1n) is 7.46. The molecule has 0 atom stereocenters. The van der Waals surface area contributed by atoms with Gasteiger partial charge in [-0.1, -0.05) is 6.07 Å². The van der Waals surface area contributed by atoms with Gasteiger partial charge in [-0.2, -0.15) is 0 Å². The van der Waals surface area contributed by atoms with Crippen molar-refractivity contribution in [3.63, 3.8) is 0 Å². The number of ether oxygens (including phenoxy) is 2. The number of carbonyl (C=O) groups excluding carboxylic acids is 2. The highest BCUT2D eigenvalue weighted by Crippen LogP contribution is 2.26. The number of carbonyl (C=O) groups is 2. The minimum absolute atomic E-state index is 0.00895. The van der Waals surface area contributed by atoms with E-state index in [4.69, 9.17) is 15.2 Å². The first-order chi connectivity index (χ1) is 11.8. The zero-order chi connectivity index (χ0) is 18.6. The lowest BCUT2D eigenvalue weighted by Crippen LogP contribution is -2.18. The van der Waals surface area contributed by atoms with Gasteiger partial charge < -0.3 is 20.5 Å². The summed E-state index contributed by atoms with van der Waals surface area (Å²) in [6.07, 6.45) is 0.00895. The second-order valence-corrected chi connectivity index (χ2v) is 5.40. The number of nitrogens with one attached hydrogen (secondary N) is 1. The third kappa shape index (κ3) is 4.26. The summed E-state index contributed by atoms with van der Waals surface area (Å²) in [5, 5.41) is 2.60. The zero-order valence-electron chi connectivity index (χ0n) is 14.2. The molecule has 0 heterocycles. The minimum Gasteiger partial charge on any atom is -0.497 e. The van der Waals surface area contributed by atoms with E-state index in [9.17, 15) is 14.0 Å². The molecule has 2 amide bonds. The molecule has 0 spiro atoms. The molecule has 6 nitrogen and oxygen atoms in total. The number of methoxy groups -OCH3 is 2. The molecule has 0 unspecified atom stereocenters. The van der Waals surface area contributed by atoms with Gasteiger partial charge in [0.05, 0.1) is 20.6 Å². The van der Waals surface area contributed by atoms with E-state index in [1.165, 1.54) is 27.2 Å². The molecular weight excluding hydrogens is 327 g/mol. The van der Waals surface area contributed by atoms with E-state index in [-0.39, 0.29) is 29.1 Å². The summed E-state index contributed by atoms with van der Waals surface area (Å²) in [5.74, 6) is -0.663. The predicted molar refractivity (Wildman–Crippen MR) is 91.5 cm³/mol. The fraction of sp³-hybridized carbons (Fsp3) is 0.222. The van der Waals surface area contributed by atoms with Gasteiger partial charge in [-0.05, 0) is 25.1 Å². The van der Waals surface area contributed by atoms with Gasteiger partial charge in [0, 0.05) is 28.4 Å². The van der Waals surface area contributed by atoms with Crippen molar-refractivity contribution >= 4 is 17.5 Å². The topological polar surface area (TPSA) is 90.6 Å². The molecule has 2 rings (SSSR count). The van der Waals surface area contributed by atoms with Crippen molar-refractivity contribution in [3.05, 3.63) is 52.8 Å². The number of hydrogen-bond acceptors (Lipinski definition) is 4. The van der Waals surface area contributed by atoms with Crippen molar-refractivity contribution < 1.29 is 23.5 Å². The van der Waals surface area contributed by atoms with Crippen LogP contribution in [0.25, 0.3) is 0 Å². The van der Waals surface area contributed by atoms with Crippen LogP contribution in [0.1, 0.15) is 21.5 Å². The molecule has 0 aliphatic carbocycles. The molecule has 0 fully saturated rings. The van der Waals surface area contributed by atoms with Crippen LogP contribution in [0, 0.1) is 12.7 Å². The highest BCUT2D eigenvalue weighted by atomic mass is 19.1. The van der Waals surface area contributed by atoms with Crippen LogP contribution in [0.5, 0.6) is 11.5 Å². The van der Waals surface area contributed by atoms with Gasteiger partial charge in [0.25, 0.3) is 0 Å². The number of primary amides is 1. The molecule has 3 N–H and O–H groups in total.